The first-order chi connectivity index (χ1) is 14.9. The molecule has 6 nitrogen and oxygen atoms in total. The van der Waals surface area contributed by atoms with Crippen molar-refractivity contribution in [3.63, 3.8) is 0 Å². The zero-order valence-corrected chi connectivity index (χ0v) is 18.3. The predicted molar refractivity (Wildman–Crippen MR) is 119 cm³/mol. The summed E-state index contributed by atoms with van der Waals surface area (Å²) in [6, 6.07) is 17.7. The number of amides is 1. The van der Waals surface area contributed by atoms with Gasteiger partial charge in [0.25, 0.3) is 10.0 Å². The highest BCUT2D eigenvalue weighted by Gasteiger charge is 2.34. The molecule has 162 valence electrons. The molecule has 0 radical (unpaired) electrons. The molecule has 1 N–H and O–H groups in total. The number of sulfonamides is 1. The number of halogens is 1. The molecule has 0 saturated carbocycles. The molecule has 0 bridgehead atoms. The van der Waals surface area contributed by atoms with Crippen molar-refractivity contribution in [2.45, 2.75) is 10.3 Å². The van der Waals surface area contributed by atoms with Gasteiger partial charge in [-0.1, -0.05) is 36.4 Å². The molecule has 1 aliphatic heterocycles. The van der Waals surface area contributed by atoms with Crippen molar-refractivity contribution in [2.75, 3.05) is 31.5 Å². The van der Waals surface area contributed by atoms with Crippen LogP contribution in [0.1, 0.15) is 11.6 Å². The summed E-state index contributed by atoms with van der Waals surface area (Å²) in [7, 11) is -3.52. The summed E-state index contributed by atoms with van der Waals surface area (Å²) in [6.07, 6.45) is 0. The van der Waals surface area contributed by atoms with Crippen molar-refractivity contribution in [3.05, 3.63) is 83.5 Å². The Labute approximate surface area is 185 Å². The Balaban J connectivity index is 1.52. The molecule has 4 rings (SSSR count). The Hall–Kier alpha value is -2.59. The smallest absolute Gasteiger partial charge is 0.252 e. The van der Waals surface area contributed by atoms with Crippen LogP contribution in [0.25, 0.3) is 0 Å². The van der Waals surface area contributed by atoms with Crippen LogP contribution in [0, 0.1) is 5.82 Å². The molecule has 1 saturated heterocycles. The normalized spacial score (nSPS) is 16.7. The first kappa shape index (κ1) is 21.6. The van der Waals surface area contributed by atoms with Crippen LogP contribution in [0.15, 0.2) is 76.3 Å². The highest BCUT2D eigenvalue weighted by Crippen LogP contribution is 2.27. The molecular formula is C22H22FN3O3S2. The van der Waals surface area contributed by atoms with Crippen molar-refractivity contribution >= 4 is 33.0 Å². The number of hydrogen-bond acceptors (Lipinski definition) is 5. The molecule has 1 amide bonds. The molecule has 31 heavy (non-hydrogen) atoms. The lowest BCUT2D eigenvalue weighted by Crippen LogP contribution is -2.51. The van der Waals surface area contributed by atoms with E-state index in [-0.39, 0.29) is 11.7 Å². The lowest BCUT2D eigenvalue weighted by atomic mass is 10.0. The van der Waals surface area contributed by atoms with E-state index in [1.807, 2.05) is 35.2 Å². The predicted octanol–water partition coefficient (Wildman–Crippen LogP) is 3.57. The summed E-state index contributed by atoms with van der Waals surface area (Å²) in [6.45, 7) is 1.43. The van der Waals surface area contributed by atoms with Crippen molar-refractivity contribution in [3.8, 4) is 0 Å². The fraction of sp³-hybridized carbons (Fsp3) is 0.227. The van der Waals surface area contributed by atoms with Crippen molar-refractivity contribution in [1.82, 2.24) is 9.21 Å². The van der Waals surface area contributed by atoms with Gasteiger partial charge in [0.05, 0.1) is 0 Å². The van der Waals surface area contributed by atoms with E-state index >= 15 is 0 Å². The molecule has 0 unspecified atom stereocenters. The molecule has 9 heteroatoms. The van der Waals surface area contributed by atoms with Gasteiger partial charge in [0.1, 0.15) is 16.1 Å². The van der Waals surface area contributed by atoms with Gasteiger partial charge in [-0.05, 0) is 41.3 Å². The summed E-state index contributed by atoms with van der Waals surface area (Å²) in [5, 5.41) is 4.60. The molecule has 0 aliphatic carbocycles. The maximum absolute atomic E-state index is 13.2. The summed E-state index contributed by atoms with van der Waals surface area (Å²) >= 11 is 1.20. The zero-order chi connectivity index (χ0) is 21.8. The average Bonchev–Trinajstić information content (AvgIpc) is 3.33. The van der Waals surface area contributed by atoms with Crippen LogP contribution in [0.2, 0.25) is 0 Å². The lowest BCUT2D eigenvalue weighted by Gasteiger charge is -2.38. The number of nitrogens with zero attached hydrogens (tertiary/aromatic N) is 2. The Bertz CT molecular complexity index is 1110. The van der Waals surface area contributed by atoms with Crippen LogP contribution in [0.3, 0.4) is 0 Å². The molecule has 2 aromatic carbocycles. The van der Waals surface area contributed by atoms with E-state index in [4.69, 9.17) is 0 Å². The van der Waals surface area contributed by atoms with E-state index in [0.29, 0.717) is 36.1 Å². The van der Waals surface area contributed by atoms with Gasteiger partial charge in [-0.15, -0.1) is 11.3 Å². The number of nitrogens with one attached hydrogen (secondary N) is 1. The molecule has 1 aromatic heterocycles. The highest BCUT2D eigenvalue weighted by molar-refractivity contribution is 7.91. The number of hydrogen-bond donors (Lipinski definition) is 1. The first-order valence-electron chi connectivity index (χ1n) is 9.84. The number of rotatable bonds is 6. The Morgan fingerprint density at radius 1 is 0.935 bits per heavy atom. The Kier molecular flexibility index (Phi) is 6.47. The van der Waals surface area contributed by atoms with Crippen LogP contribution in [0.5, 0.6) is 0 Å². The summed E-state index contributed by atoms with van der Waals surface area (Å²) in [5.74, 6) is -0.618. The number of piperazine rings is 1. The van der Waals surface area contributed by atoms with Gasteiger partial charge in [0, 0.05) is 31.9 Å². The maximum Gasteiger partial charge on any atom is 0.252 e. The molecule has 3 aromatic rings. The van der Waals surface area contributed by atoms with Gasteiger partial charge in [-0.25, -0.2) is 12.8 Å². The van der Waals surface area contributed by atoms with Gasteiger partial charge in [0.15, 0.2) is 0 Å². The number of carbonyl (C=O) groups is 1. The molecule has 0 spiro atoms. The molecular weight excluding hydrogens is 437 g/mol. The van der Waals surface area contributed by atoms with Gasteiger partial charge >= 0.3 is 0 Å². The van der Waals surface area contributed by atoms with E-state index < -0.39 is 16.1 Å². The Morgan fingerprint density at radius 3 is 2.23 bits per heavy atom. The summed E-state index contributed by atoms with van der Waals surface area (Å²) in [5.41, 5.74) is 1.32. The van der Waals surface area contributed by atoms with Crippen LogP contribution in [-0.2, 0) is 14.8 Å². The number of carbonyl (C=O) groups excluding carboxylic acids is 1. The van der Waals surface area contributed by atoms with Gasteiger partial charge in [-0.3, -0.25) is 9.69 Å². The third-order valence-electron chi connectivity index (χ3n) is 5.20. The second-order valence-electron chi connectivity index (χ2n) is 7.18. The van der Waals surface area contributed by atoms with Crippen LogP contribution in [0.4, 0.5) is 10.1 Å². The fourth-order valence-electron chi connectivity index (χ4n) is 3.65. The highest BCUT2D eigenvalue weighted by atomic mass is 32.2. The van der Waals surface area contributed by atoms with Gasteiger partial charge in [0.2, 0.25) is 5.91 Å². The largest absolute Gasteiger partial charge is 0.324 e. The number of anilines is 1. The van der Waals surface area contributed by atoms with Crippen LogP contribution >= 0.6 is 11.3 Å². The molecule has 1 aliphatic rings. The monoisotopic (exact) mass is 459 g/mol. The second-order valence-corrected chi connectivity index (χ2v) is 10.3. The minimum atomic E-state index is -3.52. The maximum atomic E-state index is 13.2. The van der Waals surface area contributed by atoms with Gasteiger partial charge in [-0.2, -0.15) is 4.31 Å². The van der Waals surface area contributed by atoms with Crippen molar-refractivity contribution in [1.29, 1.82) is 0 Å². The minimum absolute atomic E-state index is 0.243. The number of thiophene rings is 1. The Morgan fingerprint density at radius 2 is 1.61 bits per heavy atom. The van der Waals surface area contributed by atoms with Crippen molar-refractivity contribution < 1.29 is 17.6 Å². The number of benzene rings is 2. The van der Waals surface area contributed by atoms with Gasteiger partial charge < -0.3 is 5.32 Å². The molecule has 1 atom stereocenters. The standard InChI is InChI=1S/C22H22FN3O3S2/c23-18-8-10-19(11-9-18)24-22(27)21(17-5-2-1-3-6-17)25-12-14-26(15-13-25)31(28,29)20-7-4-16-30-20/h1-11,16,21H,12-15H2,(H,24,27)/t21-/m0/s1. The lowest BCUT2D eigenvalue weighted by molar-refractivity contribution is -0.122. The van der Waals surface area contributed by atoms with E-state index in [0.717, 1.165) is 5.56 Å². The van der Waals surface area contributed by atoms with E-state index in [1.165, 1.54) is 39.9 Å². The van der Waals surface area contributed by atoms with Crippen molar-refractivity contribution in [2.24, 2.45) is 0 Å². The third-order valence-corrected chi connectivity index (χ3v) is 8.47. The zero-order valence-electron chi connectivity index (χ0n) is 16.6. The third kappa shape index (κ3) is 4.85. The molecule has 2 heterocycles. The van der Waals surface area contributed by atoms with E-state index in [2.05, 4.69) is 5.32 Å². The van der Waals surface area contributed by atoms with Crippen LogP contribution < -0.4 is 5.32 Å². The summed E-state index contributed by atoms with van der Waals surface area (Å²) in [4.78, 5) is 15.2. The average molecular weight is 460 g/mol. The van der Waals surface area contributed by atoms with E-state index in [9.17, 15) is 17.6 Å². The molecule has 1 fully saturated rings. The van der Waals surface area contributed by atoms with Crippen LogP contribution in [-0.4, -0.2) is 49.7 Å². The topological polar surface area (TPSA) is 69.7 Å². The summed E-state index contributed by atoms with van der Waals surface area (Å²) < 4.78 is 40.6. The first-order valence-corrected chi connectivity index (χ1v) is 12.2. The van der Waals surface area contributed by atoms with E-state index in [1.54, 1.807) is 17.5 Å². The second kappa shape index (κ2) is 9.27. The minimum Gasteiger partial charge on any atom is -0.324 e. The fourth-order valence-corrected chi connectivity index (χ4v) is 6.21. The quantitative estimate of drug-likeness (QED) is 0.612. The SMILES string of the molecule is O=C(Nc1ccc(F)cc1)[C@H](c1ccccc1)N1CCN(S(=O)(=O)c2cccs2)CC1.